The van der Waals surface area contributed by atoms with E-state index in [2.05, 4.69) is 32.9 Å². The van der Waals surface area contributed by atoms with Crippen LogP contribution in [0.3, 0.4) is 0 Å². The Morgan fingerprint density at radius 3 is 1.88 bits per heavy atom. The van der Waals surface area contributed by atoms with Crippen LogP contribution in [0.25, 0.3) is 0 Å². The van der Waals surface area contributed by atoms with E-state index in [9.17, 15) is 9.50 Å². The zero-order valence-corrected chi connectivity index (χ0v) is 15.9. The fourth-order valence-corrected chi connectivity index (χ4v) is 2.67. The normalized spacial score (nSPS) is 12.7. The molecule has 0 bridgehead atoms. The van der Waals surface area contributed by atoms with Crippen molar-refractivity contribution < 1.29 is 19.0 Å². The van der Waals surface area contributed by atoms with Crippen LogP contribution in [-0.2, 0) is 5.41 Å². The summed E-state index contributed by atoms with van der Waals surface area (Å²) in [5.74, 6) is 1.52. The highest BCUT2D eigenvalue weighted by atomic mass is 19.1. The van der Waals surface area contributed by atoms with E-state index in [-0.39, 0.29) is 12.0 Å². The van der Waals surface area contributed by atoms with Gasteiger partial charge in [0.1, 0.15) is 30.9 Å². The molecular weight excluding hydrogens is 331 g/mol. The summed E-state index contributed by atoms with van der Waals surface area (Å²) in [4.78, 5) is 0. The van der Waals surface area contributed by atoms with Crippen molar-refractivity contribution in [3.63, 3.8) is 0 Å². The molecule has 0 aliphatic heterocycles. The van der Waals surface area contributed by atoms with Gasteiger partial charge >= 0.3 is 0 Å². The molecule has 0 amide bonds. The zero-order chi connectivity index (χ0) is 19.0. The van der Waals surface area contributed by atoms with Crippen molar-refractivity contribution in [3.8, 4) is 11.5 Å². The molecule has 2 rings (SSSR count). The SMILES string of the molecule is CCCCOc1ccc(C(C)(C)c2ccc(OCC(O)CF)cc2)cc1. The number of aliphatic hydroxyl groups excluding tert-OH is 1. The van der Waals surface area contributed by atoms with Crippen molar-refractivity contribution in [2.24, 2.45) is 0 Å². The number of benzene rings is 2. The molecule has 26 heavy (non-hydrogen) atoms. The summed E-state index contributed by atoms with van der Waals surface area (Å²) in [6.07, 6.45) is 1.10. The molecule has 1 N–H and O–H groups in total. The van der Waals surface area contributed by atoms with Gasteiger partial charge in [0.15, 0.2) is 0 Å². The van der Waals surface area contributed by atoms with Gasteiger partial charge in [0, 0.05) is 5.41 Å². The molecular formula is C22H29FO3. The summed E-state index contributed by atoms with van der Waals surface area (Å²) in [5, 5.41) is 9.23. The maximum Gasteiger partial charge on any atom is 0.119 e. The Morgan fingerprint density at radius 1 is 0.923 bits per heavy atom. The van der Waals surface area contributed by atoms with E-state index in [4.69, 9.17) is 9.47 Å². The average molecular weight is 360 g/mol. The van der Waals surface area contributed by atoms with Gasteiger partial charge in [-0.05, 0) is 41.8 Å². The average Bonchev–Trinajstić information content (AvgIpc) is 2.67. The van der Waals surface area contributed by atoms with Crippen LogP contribution in [0.4, 0.5) is 4.39 Å². The van der Waals surface area contributed by atoms with Crippen LogP contribution < -0.4 is 9.47 Å². The molecule has 0 fully saturated rings. The van der Waals surface area contributed by atoms with Crippen LogP contribution in [0.2, 0.25) is 0 Å². The number of aliphatic hydroxyl groups is 1. The Labute approximate surface area is 155 Å². The fourth-order valence-electron chi connectivity index (χ4n) is 2.67. The second-order valence-electron chi connectivity index (χ2n) is 6.99. The van der Waals surface area contributed by atoms with Crippen molar-refractivity contribution in [2.45, 2.75) is 45.1 Å². The maximum atomic E-state index is 12.3. The quantitative estimate of drug-likeness (QED) is 0.613. The molecule has 0 saturated carbocycles. The number of ether oxygens (including phenoxy) is 2. The van der Waals surface area contributed by atoms with Crippen LogP contribution in [0.5, 0.6) is 11.5 Å². The van der Waals surface area contributed by atoms with Crippen LogP contribution >= 0.6 is 0 Å². The summed E-state index contributed by atoms with van der Waals surface area (Å²) < 4.78 is 23.4. The second kappa shape index (κ2) is 9.58. The Bertz CT molecular complexity index is 650. The molecule has 2 aromatic carbocycles. The minimum atomic E-state index is -1.08. The Hall–Kier alpha value is -2.07. The number of unbranched alkanes of at least 4 members (excludes halogenated alkanes) is 1. The number of rotatable bonds is 10. The standard InChI is InChI=1S/C22H29FO3/c1-4-5-14-25-20-10-6-17(7-11-20)22(2,3)18-8-12-21(13-9-18)26-16-19(24)15-23/h6-13,19,24H,4-5,14-16H2,1-3H3. The van der Waals surface area contributed by atoms with Gasteiger partial charge in [-0.2, -0.15) is 0 Å². The fraction of sp³-hybridized carbons (Fsp3) is 0.455. The smallest absolute Gasteiger partial charge is 0.119 e. The van der Waals surface area contributed by atoms with Gasteiger partial charge in [-0.3, -0.25) is 0 Å². The van der Waals surface area contributed by atoms with Crippen molar-refractivity contribution in [3.05, 3.63) is 59.7 Å². The van der Waals surface area contributed by atoms with Crippen molar-refractivity contribution in [2.75, 3.05) is 19.9 Å². The molecule has 1 unspecified atom stereocenters. The third kappa shape index (κ3) is 5.46. The van der Waals surface area contributed by atoms with E-state index < -0.39 is 12.8 Å². The van der Waals surface area contributed by atoms with Gasteiger partial charge in [0.05, 0.1) is 6.61 Å². The third-order valence-corrected chi connectivity index (χ3v) is 4.54. The van der Waals surface area contributed by atoms with Crippen molar-refractivity contribution in [1.29, 1.82) is 0 Å². The lowest BCUT2D eigenvalue weighted by molar-refractivity contribution is 0.0842. The lowest BCUT2D eigenvalue weighted by atomic mass is 9.78. The third-order valence-electron chi connectivity index (χ3n) is 4.54. The minimum Gasteiger partial charge on any atom is -0.494 e. The molecule has 0 aliphatic rings. The van der Waals surface area contributed by atoms with Gasteiger partial charge in [-0.1, -0.05) is 51.5 Å². The summed E-state index contributed by atoms with van der Waals surface area (Å²) >= 11 is 0. The van der Waals surface area contributed by atoms with E-state index in [0.717, 1.165) is 30.8 Å². The van der Waals surface area contributed by atoms with Crippen molar-refractivity contribution in [1.82, 2.24) is 0 Å². The number of hydrogen-bond acceptors (Lipinski definition) is 3. The summed E-state index contributed by atoms with van der Waals surface area (Å²) in [6.45, 7) is 6.39. The zero-order valence-electron chi connectivity index (χ0n) is 15.9. The molecule has 4 heteroatoms. The highest BCUT2D eigenvalue weighted by Gasteiger charge is 2.23. The van der Waals surface area contributed by atoms with Gasteiger partial charge < -0.3 is 14.6 Å². The Morgan fingerprint density at radius 2 is 1.42 bits per heavy atom. The van der Waals surface area contributed by atoms with Gasteiger partial charge in [-0.25, -0.2) is 4.39 Å². The largest absolute Gasteiger partial charge is 0.494 e. The maximum absolute atomic E-state index is 12.3. The first-order valence-electron chi connectivity index (χ1n) is 9.18. The number of alkyl halides is 1. The van der Waals surface area contributed by atoms with Crippen LogP contribution in [0.15, 0.2) is 48.5 Å². The summed E-state index contributed by atoms with van der Waals surface area (Å²) in [5.41, 5.74) is 2.18. The van der Waals surface area contributed by atoms with E-state index in [1.807, 2.05) is 36.4 Å². The molecule has 2 aromatic rings. The predicted molar refractivity (Wildman–Crippen MR) is 103 cm³/mol. The van der Waals surface area contributed by atoms with E-state index in [1.54, 1.807) is 0 Å². The molecule has 142 valence electrons. The molecule has 0 aromatic heterocycles. The van der Waals surface area contributed by atoms with Gasteiger partial charge in [-0.15, -0.1) is 0 Å². The summed E-state index contributed by atoms with van der Waals surface area (Å²) in [6, 6.07) is 15.9. The molecule has 3 nitrogen and oxygen atoms in total. The van der Waals surface area contributed by atoms with E-state index in [0.29, 0.717) is 5.75 Å². The topological polar surface area (TPSA) is 38.7 Å². The lowest BCUT2D eigenvalue weighted by Crippen LogP contribution is -2.20. The van der Waals surface area contributed by atoms with E-state index in [1.165, 1.54) is 5.56 Å². The lowest BCUT2D eigenvalue weighted by Gasteiger charge is -2.26. The molecule has 1 atom stereocenters. The van der Waals surface area contributed by atoms with Crippen LogP contribution in [-0.4, -0.2) is 31.1 Å². The molecule has 0 radical (unpaired) electrons. The van der Waals surface area contributed by atoms with Crippen LogP contribution in [0, 0.1) is 0 Å². The monoisotopic (exact) mass is 360 g/mol. The van der Waals surface area contributed by atoms with Gasteiger partial charge in [0.25, 0.3) is 0 Å². The first kappa shape index (κ1) is 20.2. The van der Waals surface area contributed by atoms with Gasteiger partial charge in [0.2, 0.25) is 0 Å². The molecule has 0 aliphatic carbocycles. The molecule has 0 heterocycles. The highest BCUT2D eigenvalue weighted by Crippen LogP contribution is 2.33. The first-order chi connectivity index (χ1) is 12.5. The number of halogens is 1. The Balaban J connectivity index is 2.04. The number of hydrogen-bond donors (Lipinski definition) is 1. The Kier molecular flexibility index (Phi) is 7.46. The summed E-state index contributed by atoms with van der Waals surface area (Å²) in [7, 11) is 0. The molecule has 0 saturated heterocycles. The molecule has 0 spiro atoms. The van der Waals surface area contributed by atoms with Crippen molar-refractivity contribution >= 4 is 0 Å². The first-order valence-corrected chi connectivity index (χ1v) is 9.18. The second-order valence-corrected chi connectivity index (χ2v) is 6.99. The highest BCUT2D eigenvalue weighted by molar-refractivity contribution is 5.41. The van der Waals surface area contributed by atoms with Crippen LogP contribution in [0.1, 0.15) is 44.7 Å². The predicted octanol–water partition coefficient (Wildman–Crippen LogP) is 4.90. The minimum absolute atomic E-state index is 0.0429. The van der Waals surface area contributed by atoms with E-state index >= 15 is 0 Å².